The standard InChI is InChI=1S/C26H33FN6O2/c1-16(2)18-4-5-21(33-11-7-17(33)14-34)20-13-29-24(12-19(18)20)30-23-6-9-28-25(31-23)32-10-8-22(35)26(3,27)15-32/h4-6,9,12-13,16-17,22,34-35H,7-8,10-11,14-15H2,1-3H3,(H,28,29,30,31)/t17-,22+,26-/m0/s1. The van der Waals surface area contributed by atoms with E-state index in [2.05, 4.69) is 51.1 Å². The van der Waals surface area contributed by atoms with Crippen LogP contribution in [0.5, 0.6) is 0 Å². The third-order valence-corrected chi connectivity index (χ3v) is 7.25. The van der Waals surface area contributed by atoms with Gasteiger partial charge in [-0.1, -0.05) is 19.9 Å². The van der Waals surface area contributed by atoms with Crippen molar-refractivity contribution in [2.24, 2.45) is 0 Å². The number of aliphatic hydroxyl groups is 2. The molecule has 2 fully saturated rings. The number of fused-ring (bicyclic) bond motifs is 1. The number of rotatable bonds is 6. The number of aliphatic hydroxyl groups excluding tert-OH is 2. The van der Waals surface area contributed by atoms with Gasteiger partial charge in [0.05, 0.1) is 25.3 Å². The summed E-state index contributed by atoms with van der Waals surface area (Å²) in [5.74, 6) is 1.98. The van der Waals surface area contributed by atoms with Crippen LogP contribution in [0.2, 0.25) is 0 Å². The zero-order chi connectivity index (χ0) is 24.7. The molecule has 0 saturated carbocycles. The average molecular weight is 481 g/mol. The zero-order valence-electron chi connectivity index (χ0n) is 20.4. The summed E-state index contributed by atoms with van der Waals surface area (Å²) in [5.41, 5.74) is 0.619. The summed E-state index contributed by atoms with van der Waals surface area (Å²) in [6, 6.07) is 8.26. The fraction of sp³-hybridized carbons (Fsp3) is 0.500. The second-order valence-electron chi connectivity index (χ2n) is 10.1. The Morgan fingerprint density at radius 2 is 1.97 bits per heavy atom. The molecule has 3 atom stereocenters. The van der Waals surface area contributed by atoms with E-state index in [1.54, 1.807) is 17.2 Å². The predicted octanol–water partition coefficient (Wildman–Crippen LogP) is 3.76. The van der Waals surface area contributed by atoms with Crippen molar-refractivity contribution in [3.8, 4) is 0 Å². The van der Waals surface area contributed by atoms with Crippen molar-refractivity contribution in [2.45, 2.75) is 57.3 Å². The summed E-state index contributed by atoms with van der Waals surface area (Å²) in [6.45, 7) is 7.36. The molecule has 0 aliphatic carbocycles. The second-order valence-corrected chi connectivity index (χ2v) is 10.1. The fourth-order valence-corrected chi connectivity index (χ4v) is 5.03. The van der Waals surface area contributed by atoms with Gasteiger partial charge < -0.3 is 25.3 Å². The topological polar surface area (TPSA) is 97.6 Å². The summed E-state index contributed by atoms with van der Waals surface area (Å²) in [5, 5.41) is 25.1. The van der Waals surface area contributed by atoms with Crippen LogP contribution in [0.25, 0.3) is 10.8 Å². The highest BCUT2D eigenvalue weighted by atomic mass is 19.1. The number of halogens is 1. The monoisotopic (exact) mass is 480 g/mol. The third-order valence-electron chi connectivity index (χ3n) is 7.25. The molecule has 0 spiro atoms. The molecule has 2 aliphatic heterocycles. The Hall–Kier alpha value is -3.04. The van der Waals surface area contributed by atoms with E-state index in [0.717, 1.165) is 29.4 Å². The van der Waals surface area contributed by atoms with E-state index in [9.17, 15) is 14.6 Å². The van der Waals surface area contributed by atoms with E-state index >= 15 is 0 Å². The number of pyridine rings is 1. The maximum atomic E-state index is 14.7. The molecule has 2 aromatic heterocycles. The minimum Gasteiger partial charge on any atom is -0.394 e. The predicted molar refractivity (Wildman–Crippen MR) is 136 cm³/mol. The number of nitrogens with one attached hydrogen (secondary N) is 1. The summed E-state index contributed by atoms with van der Waals surface area (Å²) in [7, 11) is 0. The molecule has 9 heteroatoms. The molecule has 1 aromatic carbocycles. The van der Waals surface area contributed by atoms with Crippen LogP contribution in [0.15, 0.2) is 36.7 Å². The van der Waals surface area contributed by atoms with Crippen molar-refractivity contribution < 1.29 is 14.6 Å². The molecule has 35 heavy (non-hydrogen) atoms. The molecule has 186 valence electrons. The van der Waals surface area contributed by atoms with E-state index in [4.69, 9.17) is 0 Å². The molecule has 5 rings (SSSR count). The zero-order valence-corrected chi connectivity index (χ0v) is 20.4. The summed E-state index contributed by atoms with van der Waals surface area (Å²) >= 11 is 0. The van der Waals surface area contributed by atoms with E-state index in [0.29, 0.717) is 36.5 Å². The smallest absolute Gasteiger partial charge is 0.227 e. The van der Waals surface area contributed by atoms with Gasteiger partial charge in [0.15, 0.2) is 5.67 Å². The number of hydrogen-bond donors (Lipinski definition) is 3. The van der Waals surface area contributed by atoms with Crippen molar-refractivity contribution in [1.29, 1.82) is 0 Å². The molecule has 2 saturated heterocycles. The van der Waals surface area contributed by atoms with Gasteiger partial charge in [-0.25, -0.2) is 14.4 Å². The molecule has 0 bridgehead atoms. The van der Waals surface area contributed by atoms with Crippen molar-refractivity contribution in [2.75, 3.05) is 41.4 Å². The number of anilines is 4. The summed E-state index contributed by atoms with van der Waals surface area (Å²) in [4.78, 5) is 17.6. The molecule has 3 aromatic rings. The Morgan fingerprint density at radius 1 is 1.14 bits per heavy atom. The van der Waals surface area contributed by atoms with Crippen LogP contribution in [0.3, 0.4) is 0 Å². The molecule has 0 radical (unpaired) electrons. The van der Waals surface area contributed by atoms with E-state index in [-0.39, 0.29) is 19.2 Å². The maximum absolute atomic E-state index is 14.7. The lowest BCUT2D eigenvalue weighted by Crippen LogP contribution is -2.52. The van der Waals surface area contributed by atoms with Crippen LogP contribution in [0, 0.1) is 0 Å². The first-order valence-electron chi connectivity index (χ1n) is 12.3. The van der Waals surface area contributed by atoms with Crippen molar-refractivity contribution in [1.82, 2.24) is 15.0 Å². The first-order valence-corrected chi connectivity index (χ1v) is 12.3. The van der Waals surface area contributed by atoms with Gasteiger partial charge in [0.2, 0.25) is 5.95 Å². The largest absolute Gasteiger partial charge is 0.394 e. The third kappa shape index (κ3) is 4.50. The van der Waals surface area contributed by atoms with Crippen molar-refractivity contribution >= 4 is 34.0 Å². The first kappa shape index (κ1) is 23.7. The Kier molecular flexibility index (Phi) is 6.23. The normalized spacial score (nSPS) is 24.7. The van der Waals surface area contributed by atoms with E-state index < -0.39 is 11.8 Å². The van der Waals surface area contributed by atoms with Gasteiger partial charge in [-0.15, -0.1) is 0 Å². The lowest BCUT2D eigenvalue weighted by molar-refractivity contribution is -0.00860. The number of aromatic nitrogens is 3. The SMILES string of the molecule is CC(C)c1ccc(N2CC[C@H]2CO)c2cnc(Nc3ccnc(N4CC[C@@H](O)[C@@](C)(F)C4)n3)cc12. The van der Waals surface area contributed by atoms with Crippen molar-refractivity contribution in [3.63, 3.8) is 0 Å². The minimum absolute atomic E-state index is 0.0394. The second kappa shape index (κ2) is 9.20. The van der Waals surface area contributed by atoms with Crippen molar-refractivity contribution in [3.05, 3.63) is 42.2 Å². The van der Waals surface area contributed by atoms with Crippen LogP contribution in [0.4, 0.5) is 27.7 Å². The Balaban J connectivity index is 1.44. The molecule has 0 amide bonds. The Bertz CT molecular complexity index is 1220. The fourth-order valence-electron chi connectivity index (χ4n) is 5.03. The highest BCUT2D eigenvalue weighted by molar-refractivity contribution is 5.98. The highest BCUT2D eigenvalue weighted by Gasteiger charge is 2.39. The molecule has 0 unspecified atom stereocenters. The molecular weight excluding hydrogens is 447 g/mol. The van der Waals surface area contributed by atoms with Crippen LogP contribution in [-0.2, 0) is 0 Å². The molecule has 2 aliphatic rings. The first-order chi connectivity index (χ1) is 16.8. The van der Waals surface area contributed by atoms with Crippen LogP contribution in [0.1, 0.15) is 45.1 Å². The highest BCUT2D eigenvalue weighted by Crippen LogP contribution is 2.37. The summed E-state index contributed by atoms with van der Waals surface area (Å²) < 4.78 is 14.7. The molecule has 3 N–H and O–H groups in total. The van der Waals surface area contributed by atoms with Gasteiger partial charge in [0.1, 0.15) is 11.6 Å². The number of benzene rings is 1. The quantitative estimate of drug-likeness (QED) is 0.491. The minimum atomic E-state index is -1.71. The number of hydrogen-bond acceptors (Lipinski definition) is 8. The summed E-state index contributed by atoms with van der Waals surface area (Å²) in [6.07, 6.45) is 3.86. The Labute approximate surface area is 204 Å². The molecule has 4 heterocycles. The average Bonchev–Trinajstić information content (AvgIpc) is 2.80. The van der Waals surface area contributed by atoms with Gasteiger partial charge in [-0.2, -0.15) is 4.98 Å². The molecular formula is C26H33FN6O2. The molecule has 8 nitrogen and oxygen atoms in total. The van der Waals surface area contributed by atoms with Crippen LogP contribution >= 0.6 is 0 Å². The lowest BCUT2D eigenvalue weighted by atomic mass is 9.93. The van der Waals surface area contributed by atoms with Gasteiger partial charge in [-0.05, 0) is 54.8 Å². The van der Waals surface area contributed by atoms with Gasteiger partial charge >= 0.3 is 0 Å². The van der Waals surface area contributed by atoms with Gasteiger partial charge in [0.25, 0.3) is 0 Å². The van der Waals surface area contributed by atoms with Gasteiger partial charge in [-0.3, -0.25) is 0 Å². The maximum Gasteiger partial charge on any atom is 0.227 e. The number of alkyl halides is 1. The lowest BCUT2D eigenvalue weighted by Gasteiger charge is -2.42. The number of nitrogens with zero attached hydrogens (tertiary/aromatic N) is 5. The van der Waals surface area contributed by atoms with Crippen LogP contribution in [-0.4, -0.2) is 69.2 Å². The van der Waals surface area contributed by atoms with E-state index in [1.807, 2.05) is 12.3 Å². The van der Waals surface area contributed by atoms with Crippen LogP contribution < -0.4 is 15.1 Å². The number of piperidine rings is 1. The van der Waals surface area contributed by atoms with E-state index in [1.165, 1.54) is 12.5 Å². The Morgan fingerprint density at radius 3 is 2.66 bits per heavy atom. The van der Waals surface area contributed by atoms with Gasteiger partial charge in [0, 0.05) is 36.6 Å².